The molecule has 1 heterocycles. The van der Waals surface area contributed by atoms with E-state index in [9.17, 15) is 9.18 Å². The molecular weight excluding hydrogens is 233 g/mol. The summed E-state index contributed by atoms with van der Waals surface area (Å²) in [6, 6.07) is 6.02. The van der Waals surface area contributed by atoms with Gasteiger partial charge in [-0.1, -0.05) is 12.1 Å². The summed E-state index contributed by atoms with van der Waals surface area (Å²) in [4.78, 5) is 13.9. The van der Waals surface area contributed by atoms with Crippen LogP contribution in [-0.2, 0) is 11.2 Å². The monoisotopic (exact) mass is 251 g/mol. The number of carbonyl (C=O) groups excluding carboxylic acids is 1. The number of likely N-dealkylation sites (tertiary alicyclic amines) is 1. The molecule has 1 fully saturated rings. The normalized spacial score (nSPS) is 19.9. The number of hydrogen-bond donors (Lipinski definition) is 1. The first-order valence-corrected chi connectivity index (χ1v) is 6.32. The summed E-state index contributed by atoms with van der Waals surface area (Å²) >= 11 is 0. The minimum absolute atomic E-state index is 0.0553. The van der Waals surface area contributed by atoms with E-state index >= 15 is 0 Å². The van der Waals surface area contributed by atoms with Crippen molar-refractivity contribution in [3.05, 3.63) is 35.6 Å². The predicted molar refractivity (Wildman–Crippen MR) is 66.5 cm³/mol. The lowest BCUT2D eigenvalue weighted by atomic mass is 9.98. The molecule has 2 rings (SSSR count). The van der Waals surface area contributed by atoms with Gasteiger partial charge < -0.3 is 10.0 Å². The fourth-order valence-electron chi connectivity index (χ4n) is 2.33. The maximum Gasteiger partial charge on any atom is 0.226 e. The van der Waals surface area contributed by atoms with E-state index in [1.165, 1.54) is 12.1 Å². The number of carbonyl (C=O) groups is 1. The molecule has 1 saturated heterocycles. The van der Waals surface area contributed by atoms with Crippen LogP contribution in [-0.4, -0.2) is 35.6 Å². The Balaban J connectivity index is 1.93. The Morgan fingerprint density at radius 1 is 1.39 bits per heavy atom. The first kappa shape index (κ1) is 13.0. The van der Waals surface area contributed by atoms with Gasteiger partial charge >= 0.3 is 0 Å². The molecule has 4 heteroatoms. The van der Waals surface area contributed by atoms with E-state index in [4.69, 9.17) is 5.11 Å². The molecule has 1 amide bonds. The maximum atomic E-state index is 12.8. The van der Waals surface area contributed by atoms with Crippen LogP contribution in [0.2, 0.25) is 0 Å². The summed E-state index contributed by atoms with van der Waals surface area (Å²) in [5.41, 5.74) is 0.826. The summed E-state index contributed by atoms with van der Waals surface area (Å²) < 4.78 is 12.8. The Hall–Kier alpha value is -1.42. The molecule has 1 N–H and O–H groups in total. The largest absolute Gasteiger partial charge is 0.396 e. The molecule has 1 unspecified atom stereocenters. The minimum Gasteiger partial charge on any atom is -0.396 e. The summed E-state index contributed by atoms with van der Waals surface area (Å²) in [6.45, 7) is 1.54. The van der Waals surface area contributed by atoms with Crippen molar-refractivity contribution in [3.8, 4) is 0 Å². The van der Waals surface area contributed by atoms with Crippen LogP contribution >= 0.6 is 0 Å². The maximum absolute atomic E-state index is 12.8. The Labute approximate surface area is 106 Å². The van der Waals surface area contributed by atoms with Crippen molar-refractivity contribution >= 4 is 5.91 Å². The first-order chi connectivity index (χ1) is 8.69. The number of hydrogen-bond acceptors (Lipinski definition) is 2. The molecule has 1 aromatic rings. The van der Waals surface area contributed by atoms with Gasteiger partial charge in [0.1, 0.15) is 5.82 Å². The van der Waals surface area contributed by atoms with Crippen molar-refractivity contribution in [1.82, 2.24) is 4.90 Å². The highest BCUT2D eigenvalue weighted by molar-refractivity contribution is 5.78. The van der Waals surface area contributed by atoms with E-state index in [1.54, 1.807) is 17.0 Å². The molecule has 0 saturated carbocycles. The van der Waals surface area contributed by atoms with Gasteiger partial charge in [-0.15, -0.1) is 0 Å². The fourth-order valence-corrected chi connectivity index (χ4v) is 2.33. The third kappa shape index (κ3) is 3.29. The number of amides is 1. The van der Waals surface area contributed by atoms with E-state index in [1.807, 2.05) is 0 Å². The highest BCUT2D eigenvalue weighted by Gasteiger charge is 2.22. The van der Waals surface area contributed by atoms with E-state index in [-0.39, 0.29) is 24.2 Å². The van der Waals surface area contributed by atoms with Crippen LogP contribution < -0.4 is 0 Å². The molecular formula is C14H18FNO2. The number of benzene rings is 1. The molecule has 98 valence electrons. The van der Waals surface area contributed by atoms with Gasteiger partial charge in [0, 0.05) is 19.7 Å². The molecule has 0 aliphatic carbocycles. The van der Waals surface area contributed by atoms with Crippen LogP contribution in [0.25, 0.3) is 0 Å². The zero-order valence-electron chi connectivity index (χ0n) is 10.3. The minimum atomic E-state index is -0.287. The number of aliphatic hydroxyl groups is 1. The summed E-state index contributed by atoms with van der Waals surface area (Å²) in [6.07, 6.45) is 2.23. The smallest absolute Gasteiger partial charge is 0.226 e. The Morgan fingerprint density at radius 2 is 2.11 bits per heavy atom. The molecule has 1 atom stereocenters. The van der Waals surface area contributed by atoms with Gasteiger partial charge in [-0.05, 0) is 36.5 Å². The SMILES string of the molecule is O=C(Cc1ccc(F)cc1)N1CCCC(CO)C1. The van der Waals surface area contributed by atoms with Crippen LogP contribution in [0.1, 0.15) is 18.4 Å². The number of piperidine rings is 1. The lowest BCUT2D eigenvalue weighted by molar-refractivity contribution is -0.132. The molecule has 1 aliphatic rings. The first-order valence-electron chi connectivity index (χ1n) is 6.32. The second-order valence-corrected chi connectivity index (χ2v) is 4.83. The predicted octanol–water partition coefficient (Wildman–Crippen LogP) is 1.60. The van der Waals surface area contributed by atoms with Crippen LogP contribution in [0, 0.1) is 11.7 Å². The highest BCUT2D eigenvalue weighted by atomic mass is 19.1. The Bertz CT molecular complexity index is 405. The summed E-state index contributed by atoms with van der Waals surface area (Å²) in [5, 5.41) is 9.13. The van der Waals surface area contributed by atoms with Gasteiger partial charge in [0.2, 0.25) is 5.91 Å². The number of rotatable bonds is 3. The van der Waals surface area contributed by atoms with Gasteiger partial charge in [-0.3, -0.25) is 4.79 Å². The average Bonchev–Trinajstić information content (AvgIpc) is 2.41. The quantitative estimate of drug-likeness (QED) is 0.886. The highest BCUT2D eigenvalue weighted by Crippen LogP contribution is 2.17. The van der Waals surface area contributed by atoms with Gasteiger partial charge in [0.15, 0.2) is 0 Å². The summed E-state index contributed by atoms with van der Waals surface area (Å²) in [5.74, 6) is -0.0276. The fraction of sp³-hybridized carbons (Fsp3) is 0.500. The average molecular weight is 251 g/mol. The molecule has 1 aromatic carbocycles. The topological polar surface area (TPSA) is 40.5 Å². The second-order valence-electron chi connectivity index (χ2n) is 4.83. The second kappa shape index (κ2) is 5.96. The van der Waals surface area contributed by atoms with E-state index in [0.29, 0.717) is 13.0 Å². The standard InChI is InChI=1S/C14H18FNO2/c15-13-5-3-11(4-6-13)8-14(18)16-7-1-2-12(9-16)10-17/h3-6,12,17H,1-2,7-10H2. The zero-order valence-corrected chi connectivity index (χ0v) is 10.3. The van der Waals surface area contributed by atoms with Crippen molar-refractivity contribution < 1.29 is 14.3 Å². The van der Waals surface area contributed by atoms with E-state index in [2.05, 4.69) is 0 Å². The zero-order chi connectivity index (χ0) is 13.0. The molecule has 1 aliphatic heterocycles. The molecule has 3 nitrogen and oxygen atoms in total. The van der Waals surface area contributed by atoms with Gasteiger partial charge in [-0.2, -0.15) is 0 Å². The molecule has 18 heavy (non-hydrogen) atoms. The third-order valence-electron chi connectivity index (χ3n) is 3.40. The lowest BCUT2D eigenvalue weighted by Gasteiger charge is -2.32. The molecule has 0 bridgehead atoms. The van der Waals surface area contributed by atoms with Crippen LogP contribution in [0.5, 0.6) is 0 Å². The number of halogens is 1. The van der Waals surface area contributed by atoms with Crippen molar-refractivity contribution in [2.75, 3.05) is 19.7 Å². The summed E-state index contributed by atoms with van der Waals surface area (Å²) in [7, 11) is 0. The van der Waals surface area contributed by atoms with Gasteiger partial charge in [0.25, 0.3) is 0 Å². The Kier molecular flexibility index (Phi) is 4.31. The van der Waals surface area contributed by atoms with Crippen molar-refractivity contribution in [3.63, 3.8) is 0 Å². The van der Waals surface area contributed by atoms with Crippen molar-refractivity contribution in [2.24, 2.45) is 5.92 Å². The van der Waals surface area contributed by atoms with Crippen LogP contribution in [0.15, 0.2) is 24.3 Å². The third-order valence-corrected chi connectivity index (χ3v) is 3.40. The molecule has 0 radical (unpaired) electrons. The van der Waals surface area contributed by atoms with Crippen molar-refractivity contribution in [1.29, 1.82) is 0 Å². The molecule has 0 spiro atoms. The van der Waals surface area contributed by atoms with E-state index in [0.717, 1.165) is 24.9 Å². The van der Waals surface area contributed by atoms with Gasteiger partial charge in [0.05, 0.1) is 6.42 Å². The van der Waals surface area contributed by atoms with Crippen molar-refractivity contribution in [2.45, 2.75) is 19.3 Å². The van der Waals surface area contributed by atoms with E-state index < -0.39 is 0 Å². The lowest BCUT2D eigenvalue weighted by Crippen LogP contribution is -2.41. The Morgan fingerprint density at radius 3 is 2.78 bits per heavy atom. The number of aliphatic hydroxyl groups excluding tert-OH is 1. The number of nitrogens with zero attached hydrogens (tertiary/aromatic N) is 1. The molecule has 0 aromatic heterocycles. The van der Waals surface area contributed by atoms with Crippen LogP contribution in [0.4, 0.5) is 4.39 Å². The van der Waals surface area contributed by atoms with Crippen LogP contribution in [0.3, 0.4) is 0 Å². The van der Waals surface area contributed by atoms with Gasteiger partial charge in [-0.25, -0.2) is 4.39 Å².